The molecular formula is C23H22Cl2N2O4S. The fourth-order valence-corrected chi connectivity index (χ4v) is 4.78. The van der Waals surface area contributed by atoms with Gasteiger partial charge in [-0.3, -0.25) is 9.10 Å². The number of aryl methyl sites for hydroxylation is 1. The second kappa shape index (κ2) is 10.3. The number of nitrogens with zero attached hydrogens (tertiary/aromatic N) is 1. The molecule has 168 valence electrons. The minimum atomic E-state index is -4.08. The Bertz CT molecular complexity index is 1210. The van der Waals surface area contributed by atoms with Gasteiger partial charge in [-0.25, -0.2) is 8.42 Å². The quantitative estimate of drug-likeness (QED) is 0.448. The van der Waals surface area contributed by atoms with E-state index >= 15 is 0 Å². The van der Waals surface area contributed by atoms with Gasteiger partial charge in [-0.1, -0.05) is 59.1 Å². The number of para-hydroxylation sites is 2. The molecule has 0 heterocycles. The van der Waals surface area contributed by atoms with E-state index in [1.165, 1.54) is 12.1 Å². The van der Waals surface area contributed by atoms with Gasteiger partial charge in [-0.15, -0.1) is 0 Å². The molecular weight excluding hydrogens is 471 g/mol. The van der Waals surface area contributed by atoms with Gasteiger partial charge in [0.25, 0.3) is 10.0 Å². The van der Waals surface area contributed by atoms with Crippen molar-refractivity contribution in [3.05, 3.63) is 82.3 Å². The SMILES string of the molecule is CCOc1ccccc1N(CC(=O)Nc1cccc(Cl)c1Cl)S(=O)(=O)c1ccc(C)cc1. The maximum atomic E-state index is 13.6. The zero-order valence-corrected chi connectivity index (χ0v) is 19.8. The standard InChI is InChI=1S/C23H22Cl2N2O4S/c1-3-31-21-10-5-4-9-20(21)27(32(29,30)17-13-11-16(2)12-14-17)15-22(28)26-19-8-6-7-18(24)23(19)25/h4-14H,3,15H2,1-2H3,(H,26,28). The Labute approximate surface area is 197 Å². The number of carbonyl (C=O) groups is 1. The number of hydrogen-bond acceptors (Lipinski definition) is 4. The Hall–Kier alpha value is -2.74. The maximum absolute atomic E-state index is 13.6. The molecule has 0 unspecified atom stereocenters. The molecule has 32 heavy (non-hydrogen) atoms. The number of ether oxygens (including phenoxy) is 1. The monoisotopic (exact) mass is 492 g/mol. The predicted octanol–water partition coefficient (Wildman–Crippen LogP) is 5.53. The van der Waals surface area contributed by atoms with E-state index in [1.54, 1.807) is 61.5 Å². The van der Waals surface area contributed by atoms with Crippen LogP contribution in [0, 0.1) is 6.92 Å². The fourth-order valence-electron chi connectivity index (χ4n) is 3.00. The van der Waals surface area contributed by atoms with Crippen LogP contribution in [0.4, 0.5) is 11.4 Å². The van der Waals surface area contributed by atoms with Gasteiger partial charge in [0.15, 0.2) is 0 Å². The Morgan fingerprint density at radius 1 is 1.00 bits per heavy atom. The van der Waals surface area contributed by atoms with Crippen LogP contribution in [0.25, 0.3) is 0 Å². The van der Waals surface area contributed by atoms with E-state index in [4.69, 9.17) is 27.9 Å². The molecule has 0 saturated carbocycles. The molecule has 0 aliphatic heterocycles. The van der Waals surface area contributed by atoms with E-state index in [0.717, 1.165) is 9.87 Å². The topological polar surface area (TPSA) is 75.7 Å². The van der Waals surface area contributed by atoms with E-state index in [-0.39, 0.29) is 26.3 Å². The molecule has 3 rings (SSSR count). The lowest BCUT2D eigenvalue weighted by atomic mass is 10.2. The van der Waals surface area contributed by atoms with Gasteiger partial charge >= 0.3 is 0 Å². The van der Waals surface area contributed by atoms with Crippen LogP contribution in [0.2, 0.25) is 10.0 Å². The summed E-state index contributed by atoms with van der Waals surface area (Å²) in [5.41, 5.74) is 1.45. The summed E-state index contributed by atoms with van der Waals surface area (Å²) in [5, 5.41) is 3.08. The molecule has 3 aromatic rings. The first-order valence-corrected chi connectivity index (χ1v) is 12.0. The van der Waals surface area contributed by atoms with E-state index in [9.17, 15) is 13.2 Å². The molecule has 0 aliphatic rings. The van der Waals surface area contributed by atoms with Crippen molar-refractivity contribution < 1.29 is 17.9 Å². The van der Waals surface area contributed by atoms with Gasteiger partial charge in [-0.05, 0) is 50.2 Å². The van der Waals surface area contributed by atoms with Crippen LogP contribution < -0.4 is 14.4 Å². The lowest BCUT2D eigenvalue weighted by molar-refractivity contribution is -0.114. The summed E-state index contributed by atoms with van der Waals surface area (Å²) in [7, 11) is -4.08. The highest BCUT2D eigenvalue weighted by Gasteiger charge is 2.29. The van der Waals surface area contributed by atoms with Crippen molar-refractivity contribution in [2.24, 2.45) is 0 Å². The van der Waals surface area contributed by atoms with Crippen molar-refractivity contribution in [2.75, 3.05) is 22.8 Å². The average Bonchev–Trinajstić information content (AvgIpc) is 2.76. The Morgan fingerprint density at radius 3 is 2.38 bits per heavy atom. The largest absolute Gasteiger partial charge is 0.492 e. The Balaban J connectivity index is 2.02. The molecule has 0 radical (unpaired) electrons. The van der Waals surface area contributed by atoms with Gasteiger partial charge < -0.3 is 10.1 Å². The summed E-state index contributed by atoms with van der Waals surface area (Å²) < 4.78 is 33.8. The minimum absolute atomic E-state index is 0.0583. The average molecular weight is 493 g/mol. The van der Waals surface area contributed by atoms with E-state index in [2.05, 4.69) is 5.32 Å². The molecule has 0 bridgehead atoms. The molecule has 9 heteroatoms. The first-order chi connectivity index (χ1) is 15.2. The molecule has 0 aliphatic carbocycles. The zero-order chi connectivity index (χ0) is 23.3. The highest BCUT2D eigenvalue weighted by Crippen LogP contribution is 2.33. The summed E-state index contributed by atoms with van der Waals surface area (Å²) in [6.07, 6.45) is 0. The number of amides is 1. The van der Waals surface area contributed by atoms with Crippen LogP contribution >= 0.6 is 23.2 Å². The number of hydrogen-bond donors (Lipinski definition) is 1. The van der Waals surface area contributed by atoms with Crippen molar-refractivity contribution in [3.8, 4) is 5.75 Å². The second-order valence-electron chi connectivity index (χ2n) is 6.88. The number of halogens is 2. The van der Waals surface area contributed by atoms with Crippen molar-refractivity contribution in [1.82, 2.24) is 0 Å². The number of benzene rings is 3. The Morgan fingerprint density at radius 2 is 1.69 bits per heavy atom. The zero-order valence-electron chi connectivity index (χ0n) is 17.5. The molecule has 0 saturated heterocycles. The summed E-state index contributed by atoms with van der Waals surface area (Å²) in [6.45, 7) is 3.49. The summed E-state index contributed by atoms with van der Waals surface area (Å²) in [4.78, 5) is 13.0. The number of carbonyl (C=O) groups excluding carboxylic acids is 1. The third-order valence-electron chi connectivity index (χ3n) is 4.56. The second-order valence-corrected chi connectivity index (χ2v) is 9.52. The molecule has 3 aromatic carbocycles. The van der Waals surface area contributed by atoms with Gasteiger partial charge in [0.2, 0.25) is 5.91 Å². The number of nitrogens with one attached hydrogen (secondary N) is 1. The molecule has 0 atom stereocenters. The third kappa shape index (κ3) is 5.35. The lowest BCUT2D eigenvalue weighted by Gasteiger charge is -2.26. The normalized spacial score (nSPS) is 11.1. The van der Waals surface area contributed by atoms with Crippen LogP contribution in [0.15, 0.2) is 71.6 Å². The number of rotatable bonds is 8. The molecule has 6 nitrogen and oxygen atoms in total. The first-order valence-electron chi connectivity index (χ1n) is 9.79. The predicted molar refractivity (Wildman–Crippen MR) is 128 cm³/mol. The smallest absolute Gasteiger partial charge is 0.264 e. The van der Waals surface area contributed by atoms with Gasteiger partial charge in [0.05, 0.1) is 32.9 Å². The van der Waals surface area contributed by atoms with Crippen molar-refractivity contribution >= 4 is 50.5 Å². The summed E-state index contributed by atoms with van der Waals surface area (Å²) >= 11 is 12.2. The number of sulfonamides is 1. The van der Waals surface area contributed by atoms with Crippen LogP contribution in [0.3, 0.4) is 0 Å². The van der Waals surface area contributed by atoms with Crippen molar-refractivity contribution in [1.29, 1.82) is 0 Å². The maximum Gasteiger partial charge on any atom is 0.264 e. The van der Waals surface area contributed by atoms with Crippen LogP contribution in [-0.4, -0.2) is 27.5 Å². The van der Waals surface area contributed by atoms with Crippen LogP contribution in [0.1, 0.15) is 12.5 Å². The summed E-state index contributed by atoms with van der Waals surface area (Å²) in [6, 6.07) is 17.9. The Kier molecular flexibility index (Phi) is 7.66. The van der Waals surface area contributed by atoms with Crippen molar-refractivity contribution in [3.63, 3.8) is 0 Å². The first kappa shape index (κ1) is 23.9. The van der Waals surface area contributed by atoms with E-state index in [0.29, 0.717) is 12.4 Å². The molecule has 0 fully saturated rings. The van der Waals surface area contributed by atoms with E-state index < -0.39 is 22.5 Å². The molecule has 0 aromatic heterocycles. The minimum Gasteiger partial charge on any atom is -0.492 e. The highest BCUT2D eigenvalue weighted by atomic mass is 35.5. The lowest BCUT2D eigenvalue weighted by Crippen LogP contribution is -2.38. The van der Waals surface area contributed by atoms with Gasteiger partial charge in [0.1, 0.15) is 12.3 Å². The number of anilines is 2. The van der Waals surface area contributed by atoms with Gasteiger partial charge in [0, 0.05) is 0 Å². The fraction of sp³-hybridized carbons (Fsp3) is 0.174. The van der Waals surface area contributed by atoms with E-state index in [1.807, 2.05) is 6.92 Å². The molecule has 1 amide bonds. The van der Waals surface area contributed by atoms with Gasteiger partial charge in [-0.2, -0.15) is 0 Å². The van der Waals surface area contributed by atoms with Crippen molar-refractivity contribution in [2.45, 2.75) is 18.7 Å². The third-order valence-corrected chi connectivity index (χ3v) is 7.15. The van der Waals surface area contributed by atoms with Crippen LogP contribution in [-0.2, 0) is 14.8 Å². The van der Waals surface area contributed by atoms with Crippen LogP contribution in [0.5, 0.6) is 5.75 Å². The molecule has 1 N–H and O–H groups in total. The summed E-state index contributed by atoms with van der Waals surface area (Å²) in [5.74, 6) is -0.240. The molecule has 0 spiro atoms. The highest BCUT2D eigenvalue weighted by molar-refractivity contribution is 7.92.